The van der Waals surface area contributed by atoms with E-state index in [0.717, 1.165) is 4.57 Å². The molecule has 0 saturated heterocycles. The Morgan fingerprint density at radius 1 is 1.00 bits per heavy atom. The van der Waals surface area contributed by atoms with E-state index in [-0.39, 0.29) is 19.4 Å². The highest BCUT2D eigenvalue weighted by Gasteiger charge is 2.21. The van der Waals surface area contributed by atoms with Gasteiger partial charge < -0.3 is 10.2 Å². The van der Waals surface area contributed by atoms with Gasteiger partial charge in [0.15, 0.2) is 0 Å². The second-order valence-corrected chi connectivity index (χ2v) is 4.26. The minimum atomic E-state index is -1.36. The number of aliphatic hydroxyl groups excluding tert-OH is 2. The molecule has 0 bridgehead atoms. The molecule has 1 aromatic rings. The van der Waals surface area contributed by atoms with Crippen LogP contribution in [-0.4, -0.2) is 23.9 Å². The first-order valence-electron chi connectivity index (χ1n) is 6.35. The van der Waals surface area contributed by atoms with Crippen LogP contribution in [0.25, 0.3) is 0 Å². The van der Waals surface area contributed by atoms with Crippen molar-refractivity contribution in [2.75, 3.05) is 0 Å². The van der Waals surface area contributed by atoms with Crippen molar-refractivity contribution < 1.29 is 10.2 Å². The van der Waals surface area contributed by atoms with E-state index in [9.17, 15) is 24.6 Å². The molecule has 112 valence electrons. The van der Waals surface area contributed by atoms with Gasteiger partial charge in [-0.2, -0.15) is 0 Å². The van der Waals surface area contributed by atoms with Crippen LogP contribution in [0.3, 0.4) is 0 Å². The summed E-state index contributed by atoms with van der Waals surface area (Å²) in [5, 5.41) is 19.6. The zero-order chi connectivity index (χ0) is 15.4. The van der Waals surface area contributed by atoms with Gasteiger partial charge in [0.1, 0.15) is 12.5 Å². The van der Waals surface area contributed by atoms with E-state index in [2.05, 4.69) is 6.58 Å². The number of hydrogen-bond acceptors (Lipinski definition) is 5. The van der Waals surface area contributed by atoms with Gasteiger partial charge in [-0.25, -0.2) is 28.1 Å². The molecule has 2 atom stereocenters. The van der Waals surface area contributed by atoms with Crippen molar-refractivity contribution >= 4 is 0 Å². The van der Waals surface area contributed by atoms with Crippen LogP contribution in [-0.2, 0) is 6.54 Å². The van der Waals surface area contributed by atoms with Gasteiger partial charge >= 0.3 is 17.1 Å². The number of rotatable bonds is 6. The third-order valence-corrected chi connectivity index (χ3v) is 2.92. The maximum absolute atomic E-state index is 12.1. The van der Waals surface area contributed by atoms with E-state index in [1.807, 2.05) is 0 Å². The maximum Gasteiger partial charge on any atom is 0.340 e. The standard InChI is InChI=1S/C12H19N3O5/c1-4-7-13-10(18)14(8(16)5-2)12(20)15(11(13)19)9(17)6-3/h4,8-9,16-17H,1,5-7H2,2-3H3. The molecule has 0 fully saturated rings. The number of allylic oxidation sites excluding steroid dienone is 1. The average molecular weight is 285 g/mol. The first-order chi connectivity index (χ1) is 9.40. The third kappa shape index (κ3) is 2.66. The molecule has 1 rings (SSSR count). The molecule has 0 aliphatic rings. The molecule has 2 N–H and O–H groups in total. The minimum absolute atomic E-state index is 0.115. The van der Waals surface area contributed by atoms with Crippen LogP contribution in [0.4, 0.5) is 0 Å². The summed E-state index contributed by atoms with van der Waals surface area (Å²) >= 11 is 0. The topological polar surface area (TPSA) is 106 Å². The lowest BCUT2D eigenvalue weighted by Gasteiger charge is -2.18. The minimum Gasteiger partial charge on any atom is -0.373 e. The summed E-state index contributed by atoms with van der Waals surface area (Å²) in [6.45, 7) is 6.48. The van der Waals surface area contributed by atoms with Gasteiger partial charge in [-0.3, -0.25) is 0 Å². The SMILES string of the molecule is C=CCn1c(=O)n(C(O)CC)c(=O)n(C(O)CC)c1=O. The molecular formula is C12H19N3O5. The van der Waals surface area contributed by atoms with Crippen LogP contribution in [0.1, 0.15) is 39.1 Å². The third-order valence-electron chi connectivity index (χ3n) is 2.92. The van der Waals surface area contributed by atoms with Crippen molar-refractivity contribution in [3.8, 4) is 0 Å². The first kappa shape index (κ1) is 16.1. The van der Waals surface area contributed by atoms with E-state index in [0.29, 0.717) is 9.13 Å². The monoisotopic (exact) mass is 285 g/mol. The molecular weight excluding hydrogens is 266 g/mol. The van der Waals surface area contributed by atoms with Gasteiger partial charge in [-0.1, -0.05) is 19.9 Å². The van der Waals surface area contributed by atoms with Crippen molar-refractivity contribution in [1.82, 2.24) is 13.7 Å². The van der Waals surface area contributed by atoms with Crippen LogP contribution in [0, 0.1) is 0 Å². The molecule has 0 radical (unpaired) electrons. The summed E-state index contributed by atoms with van der Waals surface area (Å²) in [6, 6.07) is 0. The van der Waals surface area contributed by atoms with E-state index >= 15 is 0 Å². The van der Waals surface area contributed by atoms with Crippen LogP contribution in [0.5, 0.6) is 0 Å². The fraction of sp³-hybridized carbons (Fsp3) is 0.583. The summed E-state index contributed by atoms with van der Waals surface area (Å²) in [4.78, 5) is 36.3. The Labute approximate surface area is 114 Å². The molecule has 8 nitrogen and oxygen atoms in total. The number of aliphatic hydroxyl groups is 2. The lowest BCUT2D eigenvalue weighted by Crippen LogP contribution is -2.56. The number of aromatic nitrogens is 3. The molecule has 20 heavy (non-hydrogen) atoms. The van der Waals surface area contributed by atoms with Crippen molar-refractivity contribution in [1.29, 1.82) is 0 Å². The van der Waals surface area contributed by atoms with Crippen molar-refractivity contribution in [2.24, 2.45) is 0 Å². The lowest BCUT2D eigenvalue weighted by atomic mass is 10.4. The van der Waals surface area contributed by atoms with E-state index in [4.69, 9.17) is 0 Å². The highest BCUT2D eigenvalue weighted by molar-refractivity contribution is 4.84. The van der Waals surface area contributed by atoms with Crippen molar-refractivity contribution in [3.05, 3.63) is 44.1 Å². The predicted octanol–water partition coefficient (Wildman–Crippen LogP) is -0.841. The van der Waals surface area contributed by atoms with E-state index < -0.39 is 29.5 Å². The average Bonchev–Trinajstić information content (AvgIpc) is 2.42. The Morgan fingerprint density at radius 2 is 1.40 bits per heavy atom. The Morgan fingerprint density at radius 3 is 1.70 bits per heavy atom. The fourth-order valence-corrected chi connectivity index (χ4v) is 1.78. The van der Waals surface area contributed by atoms with Gasteiger partial charge in [-0.05, 0) is 12.8 Å². The fourth-order valence-electron chi connectivity index (χ4n) is 1.78. The normalized spacial score (nSPS) is 14.0. The summed E-state index contributed by atoms with van der Waals surface area (Å²) in [6.07, 6.45) is -1.17. The molecule has 1 heterocycles. The summed E-state index contributed by atoms with van der Waals surface area (Å²) in [5.41, 5.74) is -2.87. The zero-order valence-electron chi connectivity index (χ0n) is 11.5. The Hall–Kier alpha value is -1.93. The molecule has 8 heteroatoms. The molecule has 0 spiro atoms. The smallest absolute Gasteiger partial charge is 0.340 e. The molecule has 1 aromatic heterocycles. The molecule has 0 amide bonds. The van der Waals surface area contributed by atoms with Gasteiger partial charge in [0.2, 0.25) is 0 Å². The lowest BCUT2D eigenvalue weighted by molar-refractivity contribution is 0.0588. The van der Waals surface area contributed by atoms with E-state index in [1.54, 1.807) is 13.8 Å². The second kappa shape index (κ2) is 6.49. The van der Waals surface area contributed by atoms with Gasteiger partial charge in [-0.15, -0.1) is 6.58 Å². The highest BCUT2D eigenvalue weighted by Crippen LogP contribution is 2.02. The first-order valence-corrected chi connectivity index (χ1v) is 6.35. The van der Waals surface area contributed by atoms with Crippen LogP contribution >= 0.6 is 0 Å². The quantitative estimate of drug-likeness (QED) is 0.663. The summed E-state index contributed by atoms with van der Waals surface area (Å²) in [7, 11) is 0. The van der Waals surface area contributed by atoms with Crippen molar-refractivity contribution in [2.45, 2.75) is 45.7 Å². The summed E-state index contributed by atoms with van der Waals surface area (Å²) < 4.78 is 1.86. The Bertz CT molecular complexity index is 606. The Kier molecular flexibility index (Phi) is 5.23. The summed E-state index contributed by atoms with van der Waals surface area (Å²) in [5.74, 6) is 0. The van der Waals surface area contributed by atoms with Crippen LogP contribution < -0.4 is 17.1 Å². The van der Waals surface area contributed by atoms with E-state index in [1.165, 1.54) is 6.08 Å². The molecule has 0 aliphatic carbocycles. The molecule has 0 aromatic carbocycles. The molecule has 0 aliphatic heterocycles. The van der Waals surface area contributed by atoms with Crippen molar-refractivity contribution in [3.63, 3.8) is 0 Å². The van der Waals surface area contributed by atoms with Gasteiger partial charge in [0.25, 0.3) is 0 Å². The van der Waals surface area contributed by atoms with Crippen LogP contribution in [0.2, 0.25) is 0 Å². The second-order valence-electron chi connectivity index (χ2n) is 4.26. The van der Waals surface area contributed by atoms with Crippen LogP contribution in [0.15, 0.2) is 27.0 Å². The molecule has 0 saturated carbocycles. The highest BCUT2D eigenvalue weighted by atomic mass is 16.3. The number of hydrogen-bond donors (Lipinski definition) is 2. The maximum atomic E-state index is 12.1. The molecule has 2 unspecified atom stereocenters. The van der Waals surface area contributed by atoms with Gasteiger partial charge in [0, 0.05) is 0 Å². The largest absolute Gasteiger partial charge is 0.373 e. The predicted molar refractivity (Wildman–Crippen MR) is 72.5 cm³/mol. The van der Waals surface area contributed by atoms with Gasteiger partial charge in [0.05, 0.1) is 6.54 Å². The number of nitrogens with zero attached hydrogens (tertiary/aromatic N) is 3. The Balaban J connectivity index is 3.83. The zero-order valence-corrected chi connectivity index (χ0v) is 11.5.